The average molecular weight is 436 g/mol. The predicted octanol–water partition coefficient (Wildman–Crippen LogP) is 5.06. The number of hydrogen-bond acceptors (Lipinski definition) is 4. The Balaban J connectivity index is 2.20. The number of aryl methyl sites for hydroxylation is 2. The molecule has 1 saturated heterocycles. The second-order valence-electron chi connectivity index (χ2n) is 9.53. The molecule has 1 heterocycles. The van der Waals surface area contributed by atoms with E-state index in [0.717, 1.165) is 22.3 Å². The van der Waals surface area contributed by atoms with Gasteiger partial charge in [0.15, 0.2) is 0 Å². The lowest BCUT2D eigenvalue weighted by atomic mass is 9.84. The average Bonchev–Trinajstić information content (AvgIpc) is 2.98. The molecule has 2 aromatic carbocycles. The van der Waals surface area contributed by atoms with Crippen LogP contribution >= 0.6 is 0 Å². The molecule has 0 aliphatic carbocycles. The summed E-state index contributed by atoms with van der Waals surface area (Å²) in [5, 5.41) is 11.4. The number of likely N-dealkylation sites (tertiary alicyclic amines) is 1. The summed E-state index contributed by atoms with van der Waals surface area (Å²) in [6.45, 7) is 11.0. The largest absolute Gasteiger partial charge is 0.507 e. The first kappa shape index (κ1) is 23.7. The fraction of sp³-hybridized carbons (Fsp3) is 0.407. The van der Waals surface area contributed by atoms with Crippen molar-refractivity contribution in [3.8, 4) is 0 Å². The second-order valence-corrected chi connectivity index (χ2v) is 9.53. The van der Waals surface area contributed by atoms with Gasteiger partial charge in [0.2, 0.25) is 0 Å². The third kappa shape index (κ3) is 4.63. The molecule has 170 valence electrons. The first-order chi connectivity index (χ1) is 15.1. The molecular weight excluding hydrogens is 402 g/mol. The van der Waals surface area contributed by atoms with Crippen LogP contribution in [0.3, 0.4) is 0 Å². The van der Waals surface area contributed by atoms with Gasteiger partial charge in [0, 0.05) is 25.8 Å². The number of methoxy groups -OCH3 is 1. The van der Waals surface area contributed by atoms with Gasteiger partial charge in [-0.15, -0.1) is 0 Å². The molecule has 1 aliphatic rings. The van der Waals surface area contributed by atoms with Gasteiger partial charge in [0.1, 0.15) is 5.76 Å². The normalized spacial score (nSPS) is 18.4. The summed E-state index contributed by atoms with van der Waals surface area (Å²) in [4.78, 5) is 27.8. The van der Waals surface area contributed by atoms with Gasteiger partial charge in [0.25, 0.3) is 11.7 Å². The molecule has 1 unspecified atom stereocenters. The molecule has 0 radical (unpaired) electrons. The van der Waals surface area contributed by atoms with Crippen molar-refractivity contribution in [1.29, 1.82) is 0 Å². The molecule has 5 nitrogen and oxygen atoms in total. The van der Waals surface area contributed by atoms with Crippen molar-refractivity contribution in [2.75, 3.05) is 20.3 Å². The van der Waals surface area contributed by atoms with E-state index in [-0.39, 0.29) is 16.7 Å². The van der Waals surface area contributed by atoms with Crippen LogP contribution in [0.5, 0.6) is 0 Å². The lowest BCUT2D eigenvalue weighted by Gasteiger charge is -2.26. The monoisotopic (exact) mass is 435 g/mol. The van der Waals surface area contributed by atoms with Crippen LogP contribution < -0.4 is 0 Å². The van der Waals surface area contributed by atoms with Crippen LogP contribution in [-0.4, -0.2) is 42.0 Å². The van der Waals surface area contributed by atoms with Crippen molar-refractivity contribution >= 4 is 17.4 Å². The van der Waals surface area contributed by atoms with E-state index >= 15 is 0 Å². The molecule has 0 spiro atoms. The highest BCUT2D eigenvalue weighted by Gasteiger charge is 2.46. The number of aliphatic hydroxyl groups is 1. The summed E-state index contributed by atoms with van der Waals surface area (Å²) in [5.74, 6) is -1.35. The fourth-order valence-corrected chi connectivity index (χ4v) is 4.17. The van der Waals surface area contributed by atoms with Crippen LogP contribution in [0.2, 0.25) is 0 Å². The second kappa shape index (κ2) is 9.29. The summed E-state index contributed by atoms with van der Waals surface area (Å²) >= 11 is 0. The zero-order chi connectivity index (χ0) is 23.6. The maximum Gasteiger partial charge on any atom is 0.295 e. The van der Waals surface area contributed by atoms with Gasteiger partial charge in [-0.05, 0) is 48.4 Å². The van der Waals surface area contributed by atoms with Crippen molar-refractivity contribution in [3.05, 3.63) is 75.9 Å². The van der Waals surface area contributed by atoms with E-state index in [9.17, 15) is 14.7 Å². The Labute approximate surface area is 190 Å². The van der Waals surface area contributed by atoms with Crippen LogP contribution in [0.15, 0.2) is 48.0 Å². The Morgan fingerprint density at radius 2 is 1.81 bits per heavy atom. The smallest absolute Gasteiger partial charge is 0.295 e. The molecule has 5 heteroatoms. The van der Waals surface area contributed by atoms with E-state index in [1.807, 2.05) is 56.3 Å². The van der Waals surface area contributed by atoms with E-state index in [1.165, 1.54) is 0 Å². The topological polar surface area (TPSA) is 66.8 Å². The number of carbonyl (C=O) groups is 2. The lowest BCUT2D eigenvalue weighted by molar-refractivity contribution is -0.140. The molecule has 0 aromatic heterocycles. The van der Waals surface area contributed by atoms with Gasteiger partial charge < -0.3 is 14.7 Å². The fourth-order valence-electron chi connectivity index (χ4n) is 4.17. The minimum Gasteiger partial charge on any atom is -0.507 e. The Bertz CT molecular complexity index is 1060. The molecule has 1 aliphatic heterocycles. The molecule has 32 heavy (non-hydrogen) atoms. The number of ketones is 1. The zero-order valence-electron chi connectivity index (χ0n) is 19.9. The van der Waals surface area contributed by atoms with E-state index in [1.54, 1.807) is 12.0 Å². The number of aliphatic hydroxyl groups excluding tert-OH is 1. The summed E-state index contributed by atoms with van der Waals surface area (Å²) in [6.07, 6.45) is 0.602. The molecule has 0 saturated carbocycles. The van der Waals surface area contributed by atoms with Gasteiger partial charge in [-0.1, -0.05) is 62.7 Å². The van der Waals surface area contributed by atoms with Crippen molar-refractivity contribution in [1.82, 2.24) is 4.90 Å². The van der Waals surface area contributed by atoms with Gasteiger partial charge in [0.05, 0.1) is 11.6 Å². The lowest BCUT2D eigenvalue weighted by Crippen LogP contribution is -2.31. The van der Waals surface area contributed by atoms with Crippen molar-refractivity contribution in [2.24, 2.45) is 0 Å². The maximum atomic E-state index is 13.2. The van der Waals surface area contributed by atoms with Crippen LogP contribution in [0.1, 0.15) is 61.1 Å². The third-order valence-corrected chi connectivity index (χ3v) is 6.00. The van der Waals surface area contributed by atoms with Crippen LogP contribution in [-0.2, 0) is 19.7 Å². The highest BCUT2D eigenvalue weighted by Crippen LogP contribution is 2.40. The molecule has 0 bridgehead atoms. The molecule has 2 aromatic rings. The van der Waals surface area contributed by atoms with Crippen LogP contribution in [0.25, 0.3) is 5.76 Å². The summed E-state index contributed by atoms with van der Waals surface area (Å²) in [7, 11) is 1.61. The first-order valence-corrected chi connectivity index (χ1v) is 11.0. The third-order valence-electron chi connectivity index (χ3n) is 6.00. The van der Waals surface area contributed by atoms with Gasteiger partial charge in [-0.2, -0.15) is 0 Å². The zero-order valence-corrected chi connectivity index (χ0v) is 19.9. The summed E-state index contributed by atoms with van der Waals surface area (Å²) in [5.41, 5.74) is 4.35. The standard InChI is InChI=1S/C27H33NO4/c1-17-9-7-10-19(15-17)23-22(25(30)26(31)28(23)13-8-14-32-6)24(29)21-16-20(27(3,4)5)12-11-18(21)2/h7,9-12,15-16,23,29H,8,13-14H2,1-6H3/b24-22+. The van der Waals surface area contributed by atoms with E-state index < -0.39 is 17.7 Å². The van der Waals surface area contributed by atoms with Crippen molar-refractivity contribution < 1.29 is 19.4 Å². The minimum absolute atomic E-state index is 0.118. The number of carbonyl (C=O) groups excluding carboxylic acids is 2. The maximum absolute atomic E-state index is 13.2. The molecule has 1 atom stereocenters. The predicted molar refractivity (Wildman–Crippen MR) is 127 cm³/mol. The van der Waals surface area contributed by atoms with Crippen LogP contribution in [0, 0.1) is 13.8 Å². The molecule has 1 fully saturated rings. The Hall–Kier alpha value is -2.92. The van der Waals surface area contributed by atoms with Gasteiger partial charge >= 0.3 is 0 Å². The number of ether oxygens (including phenoxy) is 1. The highest BCUT2D eigenvalue weighted by molar-refractivity contribution is 6.46. The Morgan fingerprint density at radius 1 is 1.09 bits per heavy atom. The quantitative estimate of drug-likeness (QED) is 0.298. The Morgan fingerprint density at radius 3 is 2.44 bits per heavy atom. The van der Waals surface area contributed by atoms with E-state index in [0.29, 0.717) is 25.1 Å². The van der Waals surface area contributed by atoms with Crippen molar-refractivity contribution in [3.63, 3.8) is 0 Å². The number of hydrogen-bond donors (Lipinski definition) is 1. The van der Waals surface area contributed by atoms with Gasteiger partial charge in [-0.25, -0.2) is 0 Å². The molecule has 3 rings (SSSR count). The van der Waals surface area contributed by atoms with Crippen molar-refractivity contribution in [2.45, 2.75) is 52.5 Å². The van der Waals surface area contributed by atoms with Gasteiger partial charge in [-0.3, -0.25) is 9.59 Å². The summed E-state index contributed by atoms with van der Waals surface area (Å²) in [6, 6.07) is 13.0. The van der Waals surface area contributed by atoms with E-state index in [2.05, 4.69) is 20.8 Å². The van der Waals surface area contributed by atoms with E-state index in [4.69, 9.17) is 4.74 Å². The first-order valence-electron chi connectivity index (χ1n) is 11.0. The number of Topliss-reactive ketones (excluding diaryl/α,β-unsaturated/α-hetero) is 1. The Kier molecular flexibility index (Phi) is 6.89. The number of nitrogens with zero attached hydrogens (tertiary/aromatic N) is 1. The highest BCUT2D eigenvalue weighted by atomic mass is 16.5. The summed E-state index contributed by atoms with van der Waals surface area (Å²) < 4.78 is 5.14. The van der Waals surface area contributed by atoms with Crippen LogP contribution in [0.4, 0.5) is 0 Å². The minimum atomic E-state index is -0.646. The number of rotatable bonds is 6. The number of benzene rings is 2. The molecular formula is C27H33NO4. The molecule has 1 N–H and O–H groups in total. The SMILES string of the molecule is COCCCN1C(=O)C(=O)/C(=C(/O)c2cc(C(C)(C)C)ccc2C)C1c1cccc(C)c1. The molecule has 1 amide bonds. The number of amides is 1.